The Balaban J connectivity index is 1.55. The van der Waals surface area contributed by atoms with Crippen LogP contribution in [0.15, 0.2) is 65.6 Å². The molecule has 0 unspecified atom stereocenters. The van der Waals surface area contributed by atoms with E-state index in [-0.39, 0.29) is 21.6 Å². The number of benzene rings is 3. The fraction of sp³-hybridized carbons (Fsp3) is 0.130. The van der Waals surface area contributed by atoms with E-state index < -0.39 is 15.9 Å². The molecule has 0 aliphatic rings. The van der Waals surface area contributed by atoms with E-state index in [4.69, 9.17) is 40.2 Å². The second kappa shape index (κ2) is 11.1. The number of aryl methyl sites for hydroxylation is 2. The third kappa shape index (κ3) is 7.33. The Morgan fingerprint density at radius 3 is 2.21 bits per heavy atom. The fourth-order valence-corrected chi connectivity index (χ4v) is 4.76. The maximum absolute atomic E-state index is 12.7. The Morgan fingerprint density at radius 1 is 0.941 bits per heavy atom. The van der Waals surface area contributed by atoms with Crippen LogP contribution in [0.4, 0.5) is 11.4 Å². The van der Waals surface area contributed by atoms with Crippen LogP contribution in [0.5, 0.6) is 5.75 Å². The SMILES string of the molecule is Cc1cc(C)cc(NS(=O)(=O)c2ccc(NC(=S)NC(=O)COc3ccc(Cl)cc3Cl)cc2)c1. The molecule has 3 rings (SSSR count). The number of carbonyl (C=O) groups is 1. The Hall–Kier alpha value is -2.85. The van der Waals surface area contributed by atoms with Crippen molar-refractivity contribution >= 4 is 67.8 Å². The van der Waals surface area contributed by atoms with E-state index in [1.54, 1.807) is 36.4 Å². The van der Waals surface area contributed by atoms with Crippen LogP contribution in [0.25, 0.3) is 0 Å². The van der Waals surface area contributed by atoms with Crippen molar-refractivity contribution in [3.63, 3.8) is 0 Å². The van der Waals surface area contributed by atoms with Crippen molar-refractivity contribution in [1.82, 2.24) is 5.32 Å². The van der Waals surface area contributed by atoms with Gasteiger partial charge in [-0.05, 0) is 91.8 Å². The lowest BCUT2D eigenvalue weighted by Gasteiger charge is -2.12. The summed E-state index contributed by atoms with van der Waals surface area (Å²) in [6, 6.07) is 16.1. The molecule has 0 heterocycles. The number of nitrogens with one attached hydrogen (secondary N) is 3. The monoisotopic (exact) mass is 537 g/mol. The molecule has 11 heteroatoms. The van der Waals surface area contributed by atoms with Crippen molar-refractivity contribution < 1.29 is 17.9 Å². The lowest BCUT2D eigenvalue weighted by Crippen LogP contribution is -2.37. The van der Waals surface area contributed by atoms with E-state index in [1.807, 2.05) is 19.9 Å². The van der Waals surface area contributed by atoms with Crippen molar-refractivity contribution in [2.75, 3.05) is 16.6 Å². The summed E-state index contributed by atoms with van der Waals surface area (Å²) in [4.78, 5) is 12.2. The van der Waals surface area contributed by atoms with E-state index in [0.717, 1.165) is 11.1 Å². The van der Waals surface area contributed by atoms with Crippen LogP contribution in [0.2, 0.25) is 10.0 Å². The number of rotatable bonds is 7. The normalized spacial score (nSPS) is 10.9. The Kier molecular flexibility index (Phi) is 8.37. The van der Waals surface area contributed by atoms with E-state index in [1.165, 1.54) is 18.2 Å². The maximum Gasteiger partial charge on any atom is 0.264 e. The second-order valence-electron chi connectivity index (χ2n) is 7.37. The van der Waals surface area contributed by atoms with Gasteiger partial charge in [-0.25, -0.2) is 8.42 Å². The van der Waals surface area contributed by atoms with Crippen molar-refractivity contribution in [2.45, 2.75) is 18.7 Å². The first-order chi connectivity index (χ1) is 16.0. The highest BCUT2D eigenvalue weighted by molar-refractivity contribution is 7.92. The number of ether oxygens (including phenoxy) is 1. The number of hydrogen-bond acceptors (Lipinski definition) is 5. The van der Waals surface area contributed by atoms with Gasteiger partial charge in [0.25, 0.3) is 15.9 Å². The molecule has 0 bridgehead atoms. The van der Waals surface area contributed by atoms with Crippen LogP contribution in [0.1, 0.15) is 11.1 Å². The van der Waals surface area contributed by atoms with Gasteiger partial charge in [-0.3, -0.25) is 14.8 Å². The summed E-state index contributed by atoms with van der Waals surface area (Å²) in [5.74, 6) is -0.188. The van der Waals surface area contributed by atoms with Gasteiger partial charge in [0.2, 0.25) is 0 Å². The zero-order valence-electron chi connectivity index (χ0n) is 18.2. The van der Waals surface area contributed by atoms with Crippen LogP contribution in [0.3, 0.4) is 0 Å². The predicted molar refractivity (Wildman–Crippen MR) is 139 cm³/mol. The smallest absolute Gasteiger partial charge is 0.264 e. The van der Waals surface area contributed by atoms with Crippen LogP contribution in [-0.2, 0) is 14.8 Å². The Morgan fingerprint density at radius 2 is 1.59 bits per heavy atom. The van der Waals surface area contributed by atoms with Gasteiger partial charge in [-0.1, -0.05) is 29.3 Å². The molecule has 3 aromatic rings. The third-order valence-electron chi connectivity index (χ3n) is 4.40. The van der Waals surface area contributed by atoms with Gasteiger partial charge in [-0.15, -0.1) is 0 Å². The third-order valence-corrected chi connectivity index (χ3v) is 6.53. The standard InChI is InChI=1S/C23H21Cl2N3O4S2/c1-14-9-15(2)11-18(10-14)28-34(30,31)19-6-4-17(5-7-19)26-23(33)27-22(29)13-32-21-8-3-16(24)12-20(21)25/h3-12,28H,13H2,1-2H3,(H2,26,27,29,33). The van der Waals surface area contributed by atoms with E-state index >= 15 is 0 Å². The molecule has 3 aromatic carbocycles. The molecule has 3 N–H and O–H groups in total. The highest BCUT2D eigenvalue weighted by Gasteiger charge is 2.15. The molecule has 0 radical (unpaired) electrons. The molecular weight excluding hydrogens is 517 g/mol. The summed E-state index contributed by atoms with van der Waals surface area (Å²) < 4.78 is 33.3. The van der Waals surface area contributed by atoms with Crippen molar-refractivity contribution in [2.24, 2.45) is 0 Å². The predicted octanol–water partition coefficient (Wildman–Crippen LogP) is 5.30. The Bertz CT molecular complexity index is 1310. The lowest BCUT2D eigenvalue weighted by molar-refractivity contribution is -0.121. The number of anilines is 2. The van der Waals surface area contributed by atoms with E-state index in [9.17, 15) is 13.2 Å². The van der Waals surface area contributed by atoms with Gasteiger partial charge < -0.3 is 10.1 Å². The average molecular weight is 538 g/mol. The summed E-state index contributed by atoms with van der Waals surface area (Å²) in [7, 11) is -3.77. The summed E-state index contributed by atoms with van der Waals surface area (Å²) in [6.45, 7) is 3.47. The number of thiocarbonyl (C=S) groups is 1. The molecule has 0 spiro atoms. The number of hydrogen-bond donors (Lipinski definition) is 3. The highest BCUT2D eigenvalue weighted by atomic mass is 35.5. The summed E-state index contributed by atoms with van der Waals surface area (Å²) >= 11 is 17.0. The first-order valence-electron chi connectivity index (χ1n) is 9.92. The van der Waals surface area contributed by atoms with Crippen molar-refractivity contribution in [3.05, 3.63) is 81.8 Å². The molecule has 0 fully saturated rings. The first kappa shape index (κ1) is 25.8. The zero-order valence-corrected chi connectivity index (χ0v) is 21.3. The minimum Gasteiger partial charge on any atom is -0.482 e. The van der Waals surface area contributed by atoms with Gasteiger partial charge in [0, 0.05) is 16.4 Å². The summed E-state index contributed by atoms with van der Waals surface area (Å²) in [6.07, 6.45) is 0. The van der Waals surface area contributed by atoms with E-state index in [2.05, 4.69) is 15.4 Å². The van der Waals surface area contributed by atoms with Gasteiger partial charge in [-0.2, -0.15) is 0 Å². The molecule has 1 amide bonds. The molecule has 0 saturated heterocycles. The first-order valence-corrected chi connectivity index (χ1v) is 12.6. The van der Waals surface area contributed by atoms with Crippen molar-refractivity contribution in [3.8, 4) is 5.75 Å². The van der Waals surface area contributed by atoms with Crippen molar-refractivity contribution in [1.29, 1.82) is 0 Å². The molecule has 178 valence electrons. The van der Waals surface area contributed by atoms with Crippen LogP contribution < -0.4 is 20.1 Å². The van der Waals surface area contributed by atoms with Gasteiger partial charge >= 0.3 is 0 Å². The topological polar surface area (TPSA) is 96.5 Å². The van der Waals surface area contributed by atoms with Crippen LogP contribution in [0, 0.1) is 13.8 Å². The minimum absolute atomic E-state index is 0.0276. The highest BCUT2D eigenvalue weighted by Crippen LogP contribution is 2.27. The molecular formula is C23H21Cl2N3O4S2. The molecule has 7 nitrogen and oxygen atoms in total. The van der Waals surface area contributed by atoms with Gasteiger partial charge in [0.1, 0.15) is 5.75 Å². The van der Waals surface area contributed by atoms with Crippen LogP contribution >= 0.6 is 35.4 Å². The second-order valence-corrected chi connectivity index (χ2v) is 10.3. The van der Waals surface area contributed by atoms with E-state index in [0.29, 0.717) is 22.1 Å². The summed E-state index contributed by atoms with van der Waals surface area (Å²) in [5.41, 5.74) is 2.90. The fourth-order valence-electron chi connectivity index (χ4n) is 3.03. The molecule has 34 heavy (non-hydrogen) atoms. The Labute approximate surface area is 213 Å². The minimum atomic E-state index is -3.77. The molecule has 0 aliphatic carbocycles. The average Bonchev–Trinajstić information content (AvgIpc) is 2.72. The molecule has 0 aromatic heterocycles. The molecule has 0 aliphatic heterocycles. The number of sulfonamides is 1. The molecule has 0 atom stereocenters. The quantitative estimate of drug-likeness (QED) is 0.353. The number of amides is 1. The number of carbonyl (C=O) groups excluding carboxylic acids is 1. The zero-order chi connectivity index (χ0) is 24.9. The molecule has 0 saturated carbocycles. The maximum atomic E-state index is 12.7. The lowest BCUT2D eigenvalue weighted by atomic mass is 10.1. The largest absolute Gasteiger partial charge is 0.482 e. The van der Waals surface area contributed by atoms with Crippen LogP contribution in [-0.4, -0.2) is 26.0 Å². The van der Waals surface area contributed by atoms with Gasteiger partial charge in [0.15, 0.2) is 11.7 Å². The summed E-state index contributed by atoms with van der Waals surface area (Å²) in [5, 5.41) is 6.05. The van der Waals surface area contributed by atoms with Gasteiger partial charge in [0.05, 0.1) is 9.92 Å². The number of halogens is 2.